The summed E-state index contributed by atoms with van der Waals surface area (Å²) in [5, 5.41) is 10.7. The van der Waals surface area contributed by atoms with Crippen LogP contribution in [0.1, 0.15) is 5.82 Å². The predicted molar refractivity (Wildman–Crippen MR) is 63.0 cm³/mol. The molecule has 2 N–H and O–H groups in total. The number of rotatable bonds is 1. The molecule has 3 heterocycles. The fourth-order valence-corrected chi connectivity index (χ4v) is 2.88. The Balaban J connectivity index is 1.71. The van der Waals surface area contributed by atoms with E-state index in [2.05, 4.69) is 15.3 Å². The molecule has 2 aromatic heterocycles. The van der Waals surface area contributed by atoms with E-state index < -0.39 is 12.0 Å². The van der Waals surface area contributed by atoms with E-state index in [4.69, 9.17) is 5.73 Å². The van der Waals surface area contributed by atoms with Gasteiger partial charge in [0, 0.05) is 19.1 Å². The molecule has 1 saturated carbocycles. The predicted octanol–water partition coefficient (Wildman–Crippen LogP) is 0.536. The van der Waals surface area contributed by atoms with E-state index in [0.29, 0.717) is 17.7 Å². The first-order valence-corrected chi connectivity index (χ1v) is 6.25. The van der Waals surface area contributed by atoms with Crippen LogP contribution in [0.2, 0.25) is 0 Å². The average Bonchev–Trinajstić information content (AvgIpc) is 2.86. The largest absolute Gasteiger partial charge is 0.453 e. The highest BCUT2D eigenvalue weighted by Gasteiger charge is 2.54. The molecule has 2 unspecified atom stereocenters. The summed E-state index contributed by atoms with van der Waals surface area (Å²) < 4.78 is 39.1. The zero-order chi connectivity index (χ0) is 14.1. The fraction of sp³-hybridized carbons (Fsp3) is 0.545. The van der Waals surface area contributed by atoms with Crippen molar-refractivity contribution in [1.29, 1.82) is 0 Å². The smallest absolute Gasteiger partial charge is 0.354 e. The van der Waals surface area contributed by atoms with Gasteiger partial charge in [-0.3, -0.25) is 0 Å². The third kappa shape index (κ3) is 1.59. The molecule has 6 nitrogen and oxygen atoms in total. The Labute approximate surface area is 111 Å². The molecular formula is C11H11F3N6. The summed E-state index contributed by atoms with van der Waals surface area (Å²) in [4.78, 5) is 1.96. The van der Waals surface area contributed by atoms with Crippen molar-refractivity contribution in [3.63, 3.8) is 0 Å². The number of alkyl halides is 3. The summed E-state index contributed by atoms with van der Waals surface area (Å²) in [6, 6.07) is 3.39. The number of piperidine rings is 1. The Bertz CT molecular complexity index is 668. The molecule has 0 radical (unpaired) electrons. The maximum atomic E-state index is 12.8. The lowest BCUT2D eigenvalue weighted by molar-refractivity contribution is -0.146. The number of anilines is 1. The first-order valence-electron chi connectivity index (χ1n) is 6.25. The van der Waals surface area contributed by atoms with Gasteiger partial charge in [-0.2, -0.15) is 17.7 Å². The summed E-state index contributed by atoms with van der Waals surface area (Å²) >= 11 is 0. The van der Waals surface area contributed by atoms with Crippen molar-refractivity contribution >= 4 is 11.5 Å². The van der Waals surface area contributed by atoms with E-state index >= 15 is 0 Å². The van der Waals surface area contributed by atoms with E-state index in [9.17, 15) is 13.2 Å². The van der Waals surface area contributed by atoms with Crippen LogP contribution in [0.15, 0.2) is 12.1 Å². The third-order valence-electron chi connectivity index (χ3n) is 4.09. The lowest BCUT2D eigenvalue weighted by atomic mass is 10.4. The molecule has 0 amide bonds. The normalized spacial score (nSPS) is 29.0. The van der Waals surface area contributed by atoms with Crippen molar-refractivity contribution in [3.05, 3.63) is 18.0 Å². The maximum absolute atomic E-state index is 12.8. The van der Waals surface area contributed by atoms with Gasteiger partial charge < -0.3 is 10.6 Å². The summed E-state index contributed by atoms with van der Waals surface area (Å²) in [5.41, 5.74) is 5.93. The van der Waals surface area contributed by atoms with Gasteiger partial charge in [0.15, 0.2) is 5.65 Å². The molecule has 0 spiro atoms. The first kappa shape index (κ1) is 11.9. The Morgan fingerprint density at radius 3 is 2.50 bits per heavy atom. The van der Waals surface area contributed by atoms with E-state index in [1.807, 2.05) is 4.90 Å². The van der Waals surface area contributed by atoms with Crippen LogP contribution in [0.5, 0.6) is 0 Å². The minimum Gasteiger partial charge on any atom is -0.354 e. The maximum Gasteiger partial charge on any atom is 0.453 e. The minimum absolute atomic E-state index is 0.0853. The highest BCUT2D eigenvalue weighted by atomic mass is 19.4. The Hall–Kier alpha value is -1.90. The zero-order valence-corrected chi connectivity index (χ0v) is 10.2. The molecule has 9 heteroatoms. The summed E-state index contributed by atoms with van der Waals surface area (Å²) in [6.45, 7) is 1.49. The van der Waals surface area contributed by atoms with E-state index in [0.717, 1.165) is 17.6 Å². The van der Waals surface area contributed by atoms with Gasteiger partial charge in [-0.15, -0.1) is 15.3 Å². The van der Waals surface area contributed by atoms with Crippen LogP contribution < -0.4 is 10.6 Å². The number of hydrogen-bond donors (Lipinski definition) is 1. The van der Waals surface area contributed by atoms with E-state index in [-0.39, 0.29) is 11.7 Å². The Morgan fingerprint density at radius 2 is 1.85 bits per heavy atom. The Morgan fingerprint density at radius 1 is 1.15 bits per heavy atom. The summed E-state index contributed by atoms with van der Waals surface area (Å²) in [7, 11) is 0. The molecule has 1 aliphatic heterocycles. The summed E-state index contributed by atoms with van der Waals surface area (Å²) in [6.07, 6.45) is -4.57. The van der Waals surface area contributed by atoms with Crippen LogP contribution in [0.3, 0.4) is 0 Å². The van der Waals surface area contributed by atoms with Gasteiger partial charge in [0.25, 0.3) is 5.82 Å². The van der Waals surface area contributed by atoms with Gasteiger partial charge in [0.1, 0.15) is 5.82 Å². The van der Waals surface area contributed by atoms with Crippen LogP contribution in [-0.4, -0.2) is 38.9 Å². The lowest BCUT2D eigenvalue weighted by Gasteiger charge is -2.19. The molecule has 106 valence electrons. The highest BCUT2D eigenvalue weighted by Crippen LogP contribution is 2.44. The molecule has 2 atom stereocenters. The topological polar surface area (TPSA) is 72.3 Å². The standard InChI is InChI=1S/C11H11F3N6/c12-11(13,14)10-17-16-7-1-2-8(18-20(7)10)19-3-5-6(4-19)9(5)15/h1-2,5-6,9H,3-4,15H2. The SMILES string of the molecule is NC1C2CN(c3ccc4nnc(C(F)(F)F)n4n3)CC12. The second-order valence-corrected chi connectivity index (χ2v) is 5.29. The van der Waals surface area contributed by atoms with Crippen LogP contribution >= 0.6 is 0 Å². The molecule has 1 aliphatic carbocycles. The van der Waals surface area contributed by atoms with Gasteiger partial charge >= 0.3 is 6.18 Å². The second-order valence-electron chi connectivity index (χ2n) is 5.29. The van der Waals surface area contributed by atoms with Gasteiger partial charge in [-0.1, -0.05) is 0 Å². The number of halogens is 3. The van der Waals surface area contributed by atoms with Crippen molar-refractivity contribution in [2.75, 3.05) is 18.0 Å². The molecule has 2 aromatic rings. The van der Waals surface area contributed by atoms with Crippen molar-refractivity contribution in [3.8, 4) is 0 Å². The van der Waals surface area contributed by atoms with Crippen molar-refractivity contribution < 1.29 is 13.2 Å². The molecule has 0 bridgehead atoms. The van der Waals surface area contributed by atoms with E-state index in [1.54, 1.807) is 6.07 Å². The molecular weight excluding hydrogens is 273 g/mol. The van der Waals surface area contributed by atoms with Gasteiger partial charge in [-0.25, -0.2) is 0 Å². The van der Waals surface area contributed by atoms with Crippen molar-refractivity contribution in [1.82, 2.24) is 19.8 Å². The first-order chi connectivity index (χ1) is 9.45. The monoisotopic (exact) mass is 284 g/mol. The summed E-state index contributed by atoms with van der Waals surface area (Å²) in [5.74, 6) is 0.281. The fourth-order valence-electron chi connectivity index (χ4n) is 2.88. The van der Waals surface area contributed by atoms with Crippen LogP contribution in [0, 0.1) is 11.8 Å². The second kappa shape index (κ2) is 3.60. The molecule has 20 heavy (non-hydrogen) atoms. The van der Waals surface area contributed by atoms with Crippen LogP contribution in [0.25, 0.3) is 5.65 Å². The highest BCUT2D eigenvalue weighted by molar-refractivity contribution is 5.48. The van der Waals surface area contributed by atoms with Crippen LogP contribution in [0.4, 0.5) is 19.0 Å². The number of nitrogens with two attached hydrogens (primary N) is 1. The van der Waals surface area contributed by atoms with Gasteiger partial charge in [0.05, 0.1) is 0 Å². The lowest BCUT2D eigenvalue weighted by Crippen LogP contribution is -2.29. The zero-order valence-electron chi connectivity index (χ0n) is 10.2. The molecule has 2 fully saturated rings. The van der Waals surface area contributed by atoms with Gasteiger partial charge in [0.2, 0.25) is 0 Å². The van der Waals surface area contributed by atoms with Crippen molar-refractivity contribution in [2.24, 2.45) is 17.6 Å². The average molecular weight is 284 g/mol. The van der Waals surface area contributed by atoms with E-state index in [1.165, 1.54) is 6.07 Å². The molecule has 2 aliphatic rings. The third-order valence-corrected chi connectivity index (χ3v) is 4.09. The number of nitrogens with zero attached hydrogens (tertiary/aromatic N) is 5. The number of hydrogen-bond acceptors (Lipinski definition) is 5. The Kier molecular flexibility index (Phi) is 2.14. The van der Waals surface area contributed by atoms with Crippen molar-refractivity contribution in [2.45, 2.75) is 12.2 Å². The molecule has 4 rings (SSSR count). The molecule has 1 saturated heterocycles. The van der Waals surface area contributed by atoms with Crippen LogP contribution in [-0.2, 0) is 6.18 Å². The number of aromatic nitrogens is 4. The minimum atomic E-state index is -4.57. The van der Waals surface area contributed by atoms with Gasteiger partial charge in [-0.05, 0) is 24.0 Å². The molecule has 0 aromatic carbocycles. The number of fused-ring (bicyclic) bond motifs is 2. The quantitative estimate of drug-likeness (QED) is 0.827.